The topological polar surface area (TPSA) is 17.1 Å². The molecule has 0 aliphatic carbocycles. The van der Waals surface area contributed by atoms with Crippen molar-refractivity contribution in [1.29, 1.82) is 0 Å². The molecule has 1 rings (SSSR count). The van der Waals surface area contributed by atoms with Gasteiger partial charge in [0.05, 0.1) is 0 Å². The molecule has 0 amide bonds. The average Bonchev–Trinajstić information content (AvgIpc) is 2.15. The monoisotopic (exact) mass is 254 g/mol. The van der Waals surface area contributed by atoms with Crippen LogP contribution in [0.15, 0.2) is 28.7 Å². The van der Waals surface area contributed by atoms with Crippen molar-refractivity contribution in [1.82, 2.24) is 0 Å². The molecule has 0 bridgehead atoms. The van der Waals surface area contributed by atoms with Crippen LogP contribution in [-0.4, -0.2) is 6.29 Å². The van der Waals surface area contributed by atoms with Gasteiger partial charge in [0.25, 0.3) is 0 Å². The molecule has 0 heterocycles. The van der Waals surface area contributed by atoms with Crippen molar-refractivity contribution in [2.75, 3.05) is 0 Å². The van der Waals surface area contributed by atoms with E-state index < -0.39 is 0 Å². The van der Waals surface area contributed by atoms with Gasteiger partial charge in [0.1, 0.15) is 6.29 Å². The van der Waals surface area contributed by atoms with Crippen LogP contribution in [0.4, 0.5) is 0 Å². The van der Waals surface area contributed by atoms with Crippen molar-refractivity contribution in [2.24, 2.45) is 5.92 Å². The maximum absolute atomic E-state index is 11.0. The fraction of sp³-hybridized carbons (Fsp3) is 0.417. The van der Waals surface area contributed by atoms with E-state index in [0.717, 1.165) is 22.7 Å². The summed E-state index contributed by atoms with van der Waals surface area (Å²) in [5, 5.41) is 0. The molecule has 0 fully saturated rings. The first-order valence-corrected chi connectivity index (χ1v) is 5.64. The zero-order chi connectivity index (χ0) is 10.6. The molecule has 0 spiro atoms. The summed E-state index contributed by atoms with van der Waals surface area (Å²) >= 11 is 3.47. The molecular formula is C12H15BrO. The third kappa shape index (κ3) is 2.95. The highest BCUT2D eigenvalue weighted by Gasteiger charge is 2.14. The van der Waals surface area contributed by atoms with Gasteiger partial charge in [-0.15, -0.1) is 0 Å². The van der Waals surface area contributed by atoms with E-state index in [1.807, 2.05) is 24.3 Å². The Bertz CT molecular complexity index is 307. The average molecular weight is 255 g/mol. The fourth-order valence-electron chi connectivity index (χ4n) is 1.54. The highest BCUT2D eigenvalue weighted by molar-refractivity contribution is 9.10. The Morgan fingerprint density at radius 2 is 2.00 bits per heavy atom. The van der Waals surface area contributed by atoms with Crippen molar-refractivity contribution in [3.8, 4) is 0 Å². The molecule has 0 radical (unpaired) electrons. The Hall–Kier alpha value is -0.630. The normalized spacial score (nSPS) is 12.9. The number of rotatable bonds is 4. The highest BCUT2D eigenvalue weighted by Crippen LogP contribution is 2.28. The van der Waals surface area contributed by atoms with Gasteiger partial charge in [-0.1, -0.05) is 48.0 Å². The van der Waals surface area contributed by atoms with Crippen LogP contribution in [0.2, 0.25) is 0 Å². The number of carbonyl (C=O) groups excluding carboxylic acids is 1. The SMILES string of the molecule is CC(C)CC(C=O)c1ccccc1Br. The van der Waals surface area contributed by atoms with E-state index in [-0.39, 0.29) is 5.92 Å². The molecule has 1 nitrogen and oxygen atoms in total. The number of carbonyl (C=O) groups is 1. The molecule has 0 saturated carbocycles. The smallest absolute Gasteiger partial charge is 0.127 e. The van der Waals surface area contributed by atoms with Crippen LogP contribution in [0, 0.1) is 5.92 Å². The Labute approximate surface area is 93.7 Å². The van der Waals surface area contributed by atoms with E-state index in [4.69, 9.17) is 0 Å². The minimum Gasteiger partial charge on any atom is -0.303 e. The number of halogens is 1. The van der Waals surface area contributed by atoms with Crippen molar-refractivity contribution >= 4 is 22.2 Å². The minimum atomic E-state index is 0.0191. The van der Waals surface area contributed by atoms with Crippen LogP contribution in [0.3, 0.4) is 0 Å². The Morgan fingerprint density at radius 1 is 1.36 bits per heavy atom. The molecule has 1 atom stereocenters. The second kappa shape index (κ2) is 5.30. The first-order chi connectivity index (χ1) is 6.65. The second-order valence-corrected chi connectivity index (χ2v) is 4.75. The van der Waals surface area contributed by atoms with Crippen molar-refractivity contribution in [2.45, 2.75) is 26.2 Å². The van der Waals surface area contributed by atoms with Crippen molar-refractivity contribution in [3.63, 3.8) is 0 Å². The van der Waals surface area contributed by atoms with Gasteiger partial charge in [0.15, 0.2) is 0 Å². The van der Waals surface area contributed by atoms with E-state index in [2.05, 4.69) is 29.8 Å². The lowest BCUT2D eigenvalue weighted by atomic mass is 9.92. The molecule has 14 heavy (non-hydrogen) atoms. The van der Waals surface area contributed by atoms with Crippen LogP contribution in [0.1, 0.15) is 31.7 Å². The van der Waals surface area contributed by atoms with Crippen LogP contribution in [-0.2, 0) is 4.79 Å². The Morgan fingerprint density at radius 3 is 2.50 bits per heavy atom. The summed E-state index contributed by atoms with van der Waals surface area (Å²) in [6.45, 7) is 4.26. The van der Waals surface area contributed by atoms with Gasteiger partial charge in [-0.25, -0.2) is 0 Å². The van der Waals surface area contributed by atoms with Gasteiger partial charge in [-0.2, -0.15) is 0 Å². The van der Waals surface area contributed by atoms with Crippen molar-refractivity contribution < 1.29 is 4.79 Å². The van der Waals surface area contributed by atoms with E-state index in [0.29, 0.717) is 5.92 Å². The number of aldehydes is 1. The minimum absolute atomic E-state index is 0.0191. The molecule has 0 aliphatic heterocycles. The summed E-state index contributed by atoms with van der Waals surface area (Å²) in [7, 11) is 0. The molecule has 0 N–H and O–H groups in total. The highest BCUT2D eigenvalue weighted by atomic mass is 79.9. The van der Waals surface area contributed by atoms with E-state index >= 15 is 0 Å². The third-order valence-corrected chi connectivity index (χ3v) is 2.92. The lowest BCUT2D eigenvalue weighted by Gasteiger charge is -2.14. The van der Waals surface area contributed by atoms with Crippen molar-refractivity contribution in [3.05, 3.63) is 34.3 Å². The zero-order valence-electron chi connectivity index (χ0n) is 8.53. The Balaban J connectivity index is 2.89. The fourth-order valence-corrected chi connectivity index (χ4v) is 2.12. The summed E-state index contributed by atoms with van der Waals surface area (Å²) in [4.78, 5) is 11.0. The van der Waals surface area contributed by atoms with Gasteiger partial charge >= 0.3 is 0 Å². The predicted molar refractivity (Wildman–Crippen MR) is 62.4 cm³/mol. The molecule has 1 aromatic carbocycles. The summed E-state index contributed by atoms with van der Waals surface area (Å²) in [6.07, 6.45) is 1.95. The molecular weight excluding hydrogens is 240 g/mol. The lowest BCUT2D eigenvalue weighted by Crippen LogP contribution is -2.04. The van der Waals surface area contributed by atoms with Gasteiger partial charge < -0.3 is 4.79 Å². The summed E-state index contributed by atoms with van der Waals surface area (Å²) < 4.78 is 1.03. The molecule has 1 unspecified atom stereocenters. The first kappa shape index (κ1) is 11.4. The summed E-state index contributed by atoms with van der Waals surface area (Å²) in [5.74, 6) is 0.558. The van der Waals surface area contributed by atoms with Crippen LogP contribution in [0.25, 0.3) is 0 Å². The second-order valence-electron chi connectivity index (χ2n) is 3.89. The number of hydrogen-bond donors (Lipinski definition) is 0. The van der Waals surface area contributed by atoms with Gasteiger partial charge in [0, 0.05) is 10.4 Å². The number of hydrogen-bond acceptors (Lipinski definition) is 1. The quantitative estimate of drug-likeness (QED) is 0.748. The van der Waals surface area contributed by atoms with Gasteiger partial charge in [-0.05, 0) is 24.0 Å². The van der Waals surface area contributed by atoms with E-state index in [1.165, 1.54) is 0 Å². The first-order valence-electron chi connectivity index (χ1n) is 4.85. The summed E-state index contributed by atoms with van der Waals surface area (Å²) in [6, 6.07) is 7.92. The zero-order valence-corrected chi connectivity index (χ0v) is 10.1. The van der Waals surface area contributed by atoms with E-state index in [9.17, 15) is 4.79 Å². The maximum Gasteiger partial charge on any atom is 0.127 e. The van der Waals surface area contributed by atoms with Gasteiger partial charge in [0.2, 0.25) is 0 Å². The predicted octanol–water partition coefficient (Wildman–Crippen LogP) is 3.78. The third-order valence-electron chi connectivity index (χ3n) is 2.19. The maximum atomic E-state index is 11.0. The van der Waals surface area contributed by atoms with Gasteiger partial charge in [-0.3, -0.25) is 0 Å². The molecule has 0 saturated heterocycles. The standard InChI is InChI=1S/C12H15BrO/c1-9(2)7-10(8-14)11-5-3-4-6-12(11)13/h3-6,8-10H,7H2,1-2H3. The van der Waals surface area contributed by atoms with E-state index in [1.54, 1.807) is 0 Å². The van der Waals surface area contributed by atoms with Crippen LogP contribution >= 0.6 is 15.9 Å². The largest absolute Gasteiger partial charge is 0.303 e. The van der Waals surface area contributed by atoms with Crippen LogP contribution in [0.5, 0.6) is 0 Å². The molecule has 1 aromatic rings. The lowest BCUT2D eigenvalue weighted by molar-refractivity contribution is -0.109. The summed E-state index contributed by atoms with van der Waals surface area (Å²) in [5.41, 5.74) is 1.09. The Kier molecular flexibility index (Phi) is 4.33. The number of benzene rings is 1. The molecule has 2 heteroatoms. The molecule has 0 aromatic heterocycles. The molecule has 76 valence electrons. The molecule has 0 aliphatic rings. The van der Waals surface area contributed by atoms with Crippen LogP contribution < -0.4 is 0 Å².